The summed E-state index contributed by atoms with van der Waals surface area (Å²) in [7, 11) is 0. The Labute approximate surface area is 103 Å². The molecule has 0 spiro atoms. The molecule has 94 valence electrons. The van der Waals surface area contributed by atoms with Gasteiger partial charge in [0.2, 0.25) is 0 Å². The average molecular weight is 248 g/mol. The van der Waals surface area contributed by atoms with Crippen LogP contribution in [0.1, 0.15) is 17.4 Å². The van der Waals surface area contributed by atoms with E-state index >= 15 is 0 Å². The van der Waals surface area contributed by atoms with Crippen molar-refractivity contribution in [3.05, 3.63) is 36.4 Å². The summed E-state index contributed by atoms with van der Waals surface area (Å²) < 4.78 is 9.88. The van der Waals surface area contributed by atoms with E-state index in [1.54, 1.807) is 24.5 Å². The summed E-state index contributed by atoms with van der Waals surface area (Å²) in [5.74, 6) is 0.306. The highest BCUT2D eigenvalue weighted by Crippen LogP contribution is 2.08. The molecule has 2 aromatic rings. The standard InChI is InChI=1S/C11H12N4O3/c1-8(17-9-3-2-4-12-6-9)5-13-11(16)10-7-14-18-15-10/h2-4,6-8H,5H2,1H3,(H,13,16)/t8-/m0/s1. The summed E-state index contributed by atoms with van der Waals surface area (Å²) in [6, 6.07) is 3.58. The zero-order chi connectivity index (χ0) is 12.8. The lowest BCUT2D eigenvalue weighted by atomic mass is 10.3. The van der Waals surface area contributed by atoms with Gasteiger partial charge in [0.1, 0.15) is 18.1 Å². The molecule has 0 aliphatic heterocycles. The van der Waals surface area contributed by atoms with Gasteiger partial charge in [-0.25, -0.2) is 4.63 Å². The summed E-state index contributed by atoms with van der Waals surface area (Å²) in [4.78, 5) is 15.5. The maximum Gasteiger partial charge on any atom is 0.275 e. The van der Waals surface area contributed by atoms with Crippen LogP contribution in [0.2, 0.25) is 0 Å². The largest absolute Gasteiger partial charge is 0.487 e. The molecule has 1 amide bonds. The first-order valence-corrected chi connectivity index (χ1v) is 5.38. The zero-order valence-electron chi connectivity index (χ0n) is 9.74. The summed E-state index contributed by atoms with van der Waals surface area (Å²) in [5.41, 5.74) is 0.142. The predicted octanol–water partition coefficient (Wildman–Crippen LogP) is 0.662. The SMILES string of the molecule is C[C@@H](CNC(=O)c1cnon1)Oc1cccnc1. The van der Waals surface area contributed by atoms with E-state index in [1.165, 1.54) is 6.20 Å². The van der Waals surface area contributed by atoms with Crippen LogP contribution in [0.5, 0.6) is 5.75 Å². The van der Waals surface area contributed by atoms with Crippen molar-refractivity contribution < 1.29 is 14.2 Å². The highest BCUT2D eigenvalue weighted by Gasteiger charge is 2.11. The van der Waals surface area contributed by atoms with Gasteiger partial charge in [-0.15, -0.1) is 0 Å². The Morgan fingerprint density at radius 2 is 2.44 bits per heavy atom. The fourth-order valence-corrected chi connectivity index (χ4v) is 1.28. The number of amides is 1. The Morgan fingerprint density at radius 3 is 3.11 bits per heavy atom. The summed E-state index contributed by atoms with van der Waals surface area (Å²) >= 11 is 0. The molecule has 7 nitrogen and oxygen atoms in total. The molecule has 1 atom stereocenters. The van der Waals surface area contributed by atoms with Gasteiger partial charge in [-0.2, -0.15) is 0 Å². The third kappa shape index (κ3) is 3.27. The van der Waals surface area contributed by atoms with Crippen molar-refractivity contribution in [2.24, 2.45) is 0 Å². The van der Waals surface area contributed by atoms with E-state index in [2.05, 4.69) is 25.2 Å². The van der Waals surface area contributed by atoms with Crippen LogP contribution in [0.15, 0.2) is 35.4 Å². The number of pyridine rings is 1. The van der Waals surface area contributed by atoms with Crippen LogP contribution in [0.3, 0.4) is 0 Å². The van der Waals surface area contributed by atoms with Gasteiger partial charge in [0.15, 0.2) is 5.69 Å². The molecule has 18 heavy (non-hydrogen) atoms. The van der Waals surface area contributed by atoms with E-state index in [-0.39, 0.29) is 17.7 Å². The second kappa shape index (κ2) is 5.76. The molecule has 0 unspecified atom stereocenters. The molecule has 2 aromatic heterocycles. The smallest absolute Gasteiger partial charge is 0.275 e. The Bertz CT molecular complexity index is 486. The molecule has 0 fully saturated rings. The molecule has 0 aliphatic rings. The van der Waals surface area contributed by atoms with Gasteiger partial charge in [0.05, 0.1) is 12.7 Å². The van der Waals surface area contributed by atoms with E-state index in [0.717, 1.165) is 0 Å². The Balaban J connectivity index is 1.78. The Hall–Kier alpha value is -2.44. The second-order valence-electron chi connectivity index (χ2n) is 3.62. The molecule has 7 heteroatoms. The number of ether oxygens (including phenoxy) is 1. The average Bonchev–Trinajstić information content (AvgIpc) is 2.91. The minimum atomic E-state index is -0.349. The highest BCUT2D eigenvalue weighted by molar-refractivity contribution is 5.91. The van der Waals surface area contributed by atoms with E-state index in [1.807, 2.05) is 6.92 Å². The van der Waals surface area contributed by atoms with E-state index in [9.17, 15) is 4.79 Å². The lowest BCUT2D eigenvalue weighted by Crippen LogP contribution is -2.33. The first-order valence-electron chi connectivity index (χ1n) is 5.38. The fourth-order valence-electron chi connectivity index (χ4n) is 1.28. The lowest BCUT2D eigenvalue weighted by molar-refractivity contribution is 0.0922. The molecule has 0 aromatic carbocycles. The normalized spacial score (nSPS) is 11.8. The number of hydrogen-bond donors (Lipinski definition) is 1. The van der Waals surface area contributed by atoms with Gasteiger partial charge in [0, 0.05) is 6.20 Å². The Kier molecular flexibility index (Phi) is 3.85. The second-order valence-corrected chi connectivity index (χ2v) is 3.62. The minimum Gasteiger partial charge on any atom is -0.487 e. The molecule has 0 saturated carbocycles. The predicted molar refractivity (Wildman–Crippen MR) is 61.0 cm³/mol. The van der Waals surface area contributed by atoms with Crippen LogP contribution in [-0.4, -0.2) is 33.9 Å². The first-order chi connectivity index (χ1) is 8.75. The number of carbonyl (C=O) groups excluding carboxylic acids is 1. The maximum absolute atomic E-state index is 11.5. The van der Waals surface area contributed by atoms with Gasteiger partial charge in [-0.3, -0.25) is 9.78 Å². The van der Waals surface area contributed by atoms with E-state index in [0.29, 0.717) is 12.3 Å². The zero-order valence-corrected chi connectivity index (χ0v) is 9.74. The van der Waals surface area contributed by atoms with Crippen LogP contribution in [-0.2, 0) is 0 Å². The van der Waals surface area contributed by atoms with Crippen LogP contribution >= 0.6 is 0 Å². The number of carbonyl (C=O) groups is 1. The van der Waals surface area contributed by atoms with Crippen molar-refractivity contribution in [1.82, 2.24) is 20.6 Å². The molecule has 0 bridgehead atoms. The number of nitrogens with zero attached hydrogens (tertiary/aromatic N) is 3. The van der Waals surface area contributed by atoms with Gasteiger partial charge in [-0.1, -0.05) is 5.16 Å². The number of nitrogens with one attached hydrogen (secondary N) is 1. The van der Waals surface area contributed by atoms with Gasteiger partial charge >= 0.3 is 0 Å². The lowest BCUT2D eigenvalue weighted by Gasteiger charge is -2.14. The van der Waals surface area contributed by atoms with Crippen LogP contribution in [0.4, 0.5) is 0 Å². The third-order valence-electron chi connectivity index (χ3n) is 2.12. The van der Waals surface area contributed by atoms with Crippen molar-refractivity contribution in [3.8, 4) is 5.75 Å². The molecule has 0 radical (unpaired) electrons. The summed E-state index contributed by atoms with van der Waals surface area (Å²) in [6.07, 6.45) is 4.34. The molecule has 0 saturated heterocycles. The van der Waals surface area contributed by atoms with Crippen LogP contribution in [0.25, 0.3) is 0 Å². The first kappa shape index (κ1) is 12.0. The van der Waals surface area contributed by atoms with Crippen molar-refractivity contribution in [2.45, 2.75) is 13.0 Å². The minimum absolute atomic E-state index is 0.142. The maximum atomic E-state index is 11.5. The van der Waals surface area contributed by atoms with Gasteiger partial charge < -0.3 is 10.1 Å². The molecule has 2 rings (SSSR count). The summed E-state index contributed by atoms with van der Waals surface area (Å²) in [6.45, 7) is 2.19. The molecule has 1 N–H and O–H groups in total. The summed E-state index contributed by atoms with van der Waals surface area (Å²) in [5, 5.41) is 9.44. The number of hydrogen-bond acceptors (Lipinski definition) is 6. The van der Waals surface area contributed by atoms with Crippen molar-refractivity contribution >= 4 is 5.91 Å². The van der Waals surface area contributed by atoms with Gasteiger partial charge in [0.25, 0.3) is 5.91 Å². The third-order valence-corrected chi connectivity index (χ3v) is 2.12. The topological polar surface area (TPSA) is 90.1 Å². The highest BCUT2D eigenvalue weighted by atomic mass is 16.6. The van der Waals surface area contributed by atoms with Crippen LogP contribution < -0.4 is 10.1 Å². The number of rotatable bonds is 5. The molecular formula is C11H12N4O3. The Morgan fingerprint density at radius 1 is 1.56 bits per heavy atom. The quantitative estimate of drug-likeness (QED) is 0.836. The molecule has 2 heterocycles. The molecule has 0 aliphatic carbocycles. The van der Waals surface area contributed by atoms with Crippen molar-refractivity contribution in [2.75, 3.05) is 6.54 Å². The van der Waals surface area contributed by atoms with E-state index < -0.39 is 0 Å². The van der Waals surface area contributed by atoms with Gasteiger partial charge in [-0.05, 0) is 24.2 Å². The molecular weight excluding hydrogens is 236 g/mol. The van der Waals surface area contributed by atoms with E-state index in [4.69, 9.17) is 4.74 Å². The number of aromatic nitrogens is 3. The van der Waals surface area contributed by atoms with Crippen molar-refractivity contribution in [1.29, 1.82) is 0 Å². The van der Waals surface area contributed by atoms with Crippen molar-refractivity contribution in [3.63, 3.8) is 0 Å². The van der Waals surface area contributed by atoms with Crippen LogP contribution in [0, 0.1) is 0 Å². The monoisotopic (exact) mass is 248 g/mol. The fraction of sp³-hybridized carbons (Fsp3) is 0.273.